The van der Waals surface area contributed by atoms with Crippen LogP contribution in [-0.4, -0.2) is 10.2 Å². The van der Waals surface area contributed by atoms with E-state index in [9.17, 15) is 0 Å². The topological polar surface area (TPSA) is 25.8 Å². The summed E-state index contributed by atoms with van der Waals surface area (Å²) >= 11 is 5.68. The van der Waals surface area contributed by atoms with Crippen LogP contribution in [0.1, 0.15) is 43.0 Å². The Bertz CT molecular complexity index is 592. The third-order valence-electron chi connectivity index (χ3n) is 2.99. The molecule has 0 aliphatic rings. The zero-order valence-electron chi connectivity index (χ0n) is 11.6. The predicted molar refractivity (Wildman–Crippen MR) is 82.7 cm³/mol. The first-order valence-corrected chi connectivity index (χ1v) is 7.26. The molecule has 0 aliphatic carbocycles. The van der Waals surface area contributed by atoms with E-state index in [0.717, 1.165) is 12.0 Å². The molecule has 102 valence electrons. The summed E-state index contributed by atoms with van der Waals surface area (Å²) in [5.74, 6) is 6.06. The fourth-order valence-electron chi connectivity index (χ4n) is 1.85. The molecule has 2 rings (SSSR count). The van der Waals surface area contributed by atoms with Gasteiger partial charge in [0.2, 0.25) is 0 Å². The summed E-state index contributed by atoms with van der Waals surface area (Å²) in [6.45, 7) is 2.22. The van der Waals surface area contributed by atoms with Crippen molar-refractivity contribution in [2.24, 2.45) is 0 Å². The molecule has 2 aromatic rings. The van der Waals surface area contributed by atoms with E-state index >= 15 is 0 Å². The van der Waals surface area contributed by atoms with Crippen LogP contribution < -0.4 is 0 Å². The van der Waals surface area contributed by atoms with Crippen molar-refractivity contribution in [3.8, 4) is 11.8 Å². The van der Waals surface area contributed by atoms with E-state index in [-0.39, 0.29) is 0 Å². The predicted octanol–water partition coefficient (Wildman–Crippen LogP) is 4.26. The molecular formula is C17H17ClN2. The van der Waals surface area contributed by atoms with Gasteiger partial charge >= 0.3 is 0 Å². The average Bonchev–Trinajstić information content (AvgIpc) is 2.48. The van der Waals surface area contributed by atoms with Gasteiger partial charge in [-0.3, -0.25) is 0 Å². The van der Waals surface area contributed by atoms with Crippen molar-refractivity contribution in [2.45, 2.75) is 32.6 Å². The number of nitrogens with zero attached hydrogens (tertiary/aromatic N) is 2. The number of aromatic nitrogens is 2. The molecule has 0 unspecified atom stereocenters. The molecule has 0 amide bonds. The van der Waals surface area contributed by atoms with Crippen LogP contribution in [0.3, 0.4) is 0 Å². The van der Waals surface area contributed by atoms with Crippen LogP contribution >= 0.6 is 11.6 Å². The van der Waals surface area contributed by atoms with E-state index in [1.165, 1.54) is 24.8 Å². The zero-order chi connectivity index (χ0) is 14.2. The van der Waals surface area contributed by atoms with Crippen molar-refractivity contribution in [1.82, 2.24) is 10.2 Å². The van der Waals surface area contributed by atoms with Crippen molar-refractivity contribution in [3.63, 3.8) is 0 Å². The Kier molecular flexibility index (Phi) is 5.58. The lowest BCUT2D eigenvalue weighted by atomic mass is 10.1. The van der Waals surface area contributed by atoms with E-state index in [4.69, 9.17) is 11.6 Å². The Balaban J connectivity index is 1.98. The maximum Gasteiger partial charge on any atom is 0.151 e. The van der Waals surface area contributed by atoms with Crippen molar-refractivity contribution in [1.29, 1.82) is 0 Å². The van der Waals surface area contributed by atoms with Gasteiger partial charge in [-0.2, -0.15) is 0 Å². The second kappa shape index (κ2) is 7.67. The monoisotopic (exact) mass is 284 g/mol. The Morgan fingerprint density at radius 1 is 0.950 bits per heavy atom. The van der Waals surface area contributed by atoms with E-state index in [1.54, 1.807) is 12.1 Å². The van der Waals surface area contributed by atoms with Gasteiger partial charge in [0, 0.05) is 5.56 Å². The molecule has 1 aromatic heterocycles. The quantitative estimate of drug-likeness (QED) is 0.619. The van der Waals surface area contributed by atoms with Crippen LogP contribution in [0.15, 0.2) is 36.4 Å². The van der Waals surface area contributed by atoms with Crippen molar-refractivity contribution in [2.75, 3.05) is 0 Å². The van der Waals surface area contributed by atoms with E-state index in [1.807, 2.05) is 0 Å². The largest absolute Gasteiger partial charge is 0.151 e. The van der Waals surface area contributed by atoms with Crippen LogP contribution in [0.4, 0.5) is 0 Å². The highest BCUT2D eigenvalue weighted by Crippen LogP contribution is 2.08. The Hall–Kier alpha value is -1.85. The number of rotatable bonds is 4. The number of halogens is 1. The van der Waals surface area contributed by atoms with Gasteiger partial charge in [0.1, 0.15) is 5.69 Å². The van der Waals surface area contributed by atoms with Gasteiger partial charge in [0.15, 0.2) is 5.15 Å². The summed E-state index contributed by atoms with van der Waals surface area (Å²) in [5, 5.41) is 8.05. The van der Waals surface area contributed by atoms with Gasteiger partial charge < -0.3 is 0 Å². The van der Waals surface area contributed by atoms with Gasteiger partial charge in [-0.05, 0) is 48.6 Å². The normalized spacial score (nSPS) is 9.90. The van der Waals surface area contributed by atoms with Crippen molar-refractivity contribution in [3.05, 3.63) is 58.4 Å². The summed E-state index contributed by atoms with van der Waals surface area (Å²) in [7, 11) is 0. The van der Waals surface area contributed by atoms with Crippen LogP contribution in [0.2, 0.25) is 5.15 Å². The summed E-state index contributed by atoms with van der Waals surface area (Å²) in [5.41, 5.74) is 2.98. The lowest BCUT2D eigenvalue weighted by Crippen LogP contribution is -1.87. The highest BCUT2D eigenvalue weighted by atomic mass is 35.5. The molecule has 0 saturated carbocycles. The first-order chi connectivity index (χ1) is 9.78. The molecule has 1 aromatic carbocycles. The molecule has 0 spiro atoms. The first kappa shape index (κ1) is 14.6. The number of aryl methyl sites for hydroxylation is 1. The minimum Gasteiger partial charge on any atom is -0.140 e. The Labute approximate surface area is 125 Å². The van der Waals surface area contributed by atoms with Gasteiger partial charge in [-0.1, -0.05) is 49.4 Å². The number of benzene rings is 1. The smallest absolute Gasteiger partial charge is 0.140 e. The molecule has 0 saturated heterocycles. The summed E-state index contributed by atoms with van der Waals surface area (Å²) in [6, 6.07) is 11.9. The second-order valence-electron chi connectivity index (χ2n) is 4.65. The van der Waals surface area contributed by atoms with E-state index in [2.05, 4.69) is 53.2 Å². The molecule has 0 bridgehead atoms. The van der Waals surface area contributed by atoms with E-state index in [0.29, 0.717) is 10.8 Å². The average molecular weight is 285 g/mol. The van der Waals surface area contributed by atoms with Gasteiger partial charge in [-0.25, -0.2) is 0 Å². The second-order valence-corrected chi connectivity index (χ2v) is 5.03. The van der Waals surface area contributed by atoms with E-state index < -0.39 is 0 Å². The molecule has 3 heteroatoms. The van der Waals surface area contributed by atoms with Crippen molar-refractivity contribution < 1.29 is 0 Å². The third-order valence-corrected chi connectivity index (χ3v) is 3.19. The summed E-state index contributed by atoms with van der Waals surface area (Å²) < 4.78 is 0. The third kappa shape index (κ3) is 4.68. The maximum atomic E-state index is 5.68. The molecule has 0 N–H and O–H groups in total. The highest BCUT2D eigenvalue weighted by molar-refractivity contribution is 6.29. The standard InChI is InChI=1S/C17H17ClN2/c1-2-3-4-5-14-6-8-15(9-7-14)10-11-16-12-13-17(18)20-19-16/h6-9,12-13H,2-5H2,1H3. The molecule has 0 aliphatic heterocycles. The molecular weight excluding hydrogens is 268 g/mol. The fraction of sp³-hybridized carbons (Fsp3) is 0.294. The zero-order valence-corrected chi connectivity index (χ0v) is 12.3. The van der Waals surface area contributed by atoms with Gasteiger partial charge in [0.05, 0.1) is 0 Å². The molecule has 1 heterocycles. The van der Waals surface area contributed by atoms with Crippen molar-refractivity contribution >= 4 is 11.6 Å². The lowest BCUT2D eigenvalue weighted by molar-refractivity contribution is 0.717. The van der Waals surface area contributed by atoms with Crippen LogP contribution in [0.5, 0.6) is 0 Å². The minimum atomic E-state index is 0.381. The molecule has 0 fully saturated rings. The number of hydrogen-bond donors (Lipinski definition) is 0. The molecule has 0 radical (unpaired) electrons. The highest BCUT2D eigenvalue weighted by Gasteiger charge is 1.94. The number of hydrogen-bond acceptors (Lipinski definition) is 2. The Morgan fingerprint density at radius 2 is 1.75 bits per heavy atom. The summed E-state index contributed by atoms with van der Waals surface area (Å²) in [4.78, 5) is 0. The fourth-order valence-corrected chi connectivity index (χ4v) is 1.95. The molecule has 20 heavy (non-hydrogen) atoms. The molecule has 2 nitrogen and oxygen atoms in total. The van der Waals surface area contributed by atoms with Crippen LogP contribution in [0.25, 0.3) is 0 Å². The summed E-state index contributed by atoms with van der Waals surface area (Å²) in [6.07, 6.45) is 4.94. The van der Waals surface area contributed by atoms with Gasteiger partial charge in [0.25, 0.3) is 0 Å². The minimum absolute atomic E-state index is 0.381. The molecule has 0 atom stereocenters. The first-order valence-electron chi connectivity index (χ1n) is 6.88. The maximum absolute atomic E-state index is 5.68. The van der Waals surface area contributed by atoms with Crippen LogP contribution in [-0.2, 0) is 6.42 Å². The van der Waals surface area contributed by atoms with Gasteiger partial charge in [-0.15, -0.1) is 10.2 Å². The number of unbranched alkanes of at least 4 members (excludes halogenated alkanes) is 2. The Morgan fingerprint density at radius 3 is 2.40 bits per heavy atom. The lowest BCUT2D eigenvalue weighted by Gasteiger charge is -2.00. The SMILES string of the molecule is CCCCCc1ccc(C#Cc2ccc(Cl)nn2)cc1. The van der Waals surface area contributed by atoms with Crippen LogP contribution in [0, 0.1) is 11.8 Å².